The van der Waals surface area contributed by atoms with E-state index in [1.54, 1.807) is 7.05 Å². The molecule has 6 heteroatoms. The van der Waals surface area contributed by atoms with Gasteiger partial charge in [-0.2, -0.15) is 0 Å². The minimum Gasteiger partial charge on any atom is -0.508 e. The van der Waals surface area contributed by atoms with Crippen LogP contribution in [0.3, 0.4) is 0 Å². The van der Waals surface area contributed by atoms with Gasteiger partial charge in [0.25, 0.3) is 5.91 Å². The molecule has 25 heavy (non-hydrogen) atoms. The Morgan fingerprint density at radius 3 is 2.32 bits per heavy atom. The second kappa shape index (κ2) is 8.19. The fourth-order valence-corrected chi connectivity index (χ4v) is 2.22. The summed E-state index contributed by atoms with van der Waals surface area (Å²) in [7, 11) is 5.58. The first-order valence-corrected chi connectivity index (χ1v) is 7.83. The third-order valence-electron chi connectivity index (χ3n) is 3.71. The van der Waals surface area contributed by atoms with E-state index in [4.69, 9.17) is 4.74 Å². The molecule has 0 aliphatic carbocycles. The zero-order valence-corrected chi connectivity index (χ0v) is 14.6. The molecule has 2 rings (SSSR count). The molecule has 0 aliphatic heterocycles. The summed E-state index contributed by atoms with van der Waals surface area (Å²) in [6.45, 7) is 0.0803. The molecule has 0 heterocycles. The number of carbonyl (C=O) groups excluding carboxylic acids is 2. The first-order chi connectivity index (χ1) is 11.9. The molecule has 1 N–H and O–H groups in total. The average Bonchev–Trinajstić information content (AvgIpc) is 2.59. The number of hydrogen-bond donors (Lipinski definition) is 1. The fourth-order valence-electron chi connectivity index (χ4n) is 2.22. The van der Waals surface area contributed by atoms with E-state index in [0.29, 0.717) is 6.54 Å². The molecule has 0 aromatic heterocycles. The Balaban J connectivity index is 1.86. The maximum atomic E-state index is 12.1. The largest absolute Gasteiger partial charge is 0.508 e. The lowest BCUT2D eigenvalue weighted by molar-refractivity contribution is -0.133. The van der Waals surface area contributed by atoms with Gasteiger partial charge in [0, 0.05) is 33.4 Å². The SMILES string of the molecule is CN(Cc1ccc(N(C)C)cc1)C(=O)COC(=O)c1cccc(O)c1. The number of likely N-dealkylation sites (N-methyl/N-ethyl adjacent to an activating group) is 1. The van der Waals surface area contributed by atoms with Crippen LogP contribution in [0.1, 0.15) is 15.9 Å². The van der Waals surface area contributed by atoms with Gasteiger partial charge in [0.05, 0.1) is 5.56 Å². The van der Waals surface area contributed by atoms with Gasteiger partial charge >= 0.3 is 5.97 Å². The van der Waals surface area contributed by atoms with Gasteiger partial charge in [0.1, 0.15) is 5.75 Å². The molecule has 0 saturated heterocycles. The smallest absolute Gasteiger partial charge is 0.338 e. The Morgan fingerprint density at radius 1 is 1.04 bits per heavy atom. The zero-order valence-electron chi connectivity index (χ0n) is 14.6. The minimum atomic E-state index is -0.645. The number of phenolic OH excluding ortho intramolecular Hbond substituents is 1. The van der Waals surface area contributed by atoms with Crippen LogP contribution in [0, 0.1) is 0 Å². The average molecular weight is 342 g/mol. The van der Waals surface area contributed by atoms with Gasteiger partial charge in [-0.05, 0) is 35.9 Å². The van der Waals surface area contributed by atoms with E-state index < -0.39 is 5.97 Å². The first kappa shape index (κ1) is 18.3. The summed E-state index contributed by atoms with van der Waals surface area (Å²) in [6, 6.07) is 13.7. The number of benzene rings is 2. The maximum absolute atomic E-state index is 12.1. The highest BCUT2D eigenvalue weighted by Gasteiger charge is 2.14. The lowest BCUT2D eigenvalue weighted by Crippen LogP contribution is -2.30. The van der Waals surface area contributed by atoms with Crippen molar-refractivity contribution in [2.75, 3.05) is 32.6 Å². The fraction of sp³-hybridized carbons (Fsp3) is 0.263. The van der Waals surface area contributed by atoms with Crippen molar-refractivity contribution in [1.82, 2.24) is 4.90 Å². The van der Waals surface area contributed by atoms with Crippen molar-refractivity contribution in [3.63, 3.8) is 0 Å². The summed E-state index contributed by atoms with van der Waals surface area (Å²) in [5, 5.41) is 9.36. The van der Waals surface area contributed by atoms with Gasteiger partial charge in [0.2, 0.25) is 0 Å². The summed E-state index contributed by atoms with van der Waals surface area (Å²) in [5.74, 6) is -0.975. The van der Waals surface area contributed by atoms with E-state index in [2.05, 4.69) is 0 Å². The first-order valence-electron chi connectivity index (χ1n) is 7.83. The molecular formula is C19H22N2O4. The van der Waals surface area contributed by atoms with Gasteiger partial charge in [-0.15, -0.1) is 0 Å². The number of phenols is 1. The summed E-state index contributed by atoms with van der Waals surface area (Å²) < 4.78 is 5.01. The number of esters is 1. The number of rotatable bonds is 6. The maximum Gasteiger partial charge on any atom is 0.338 e. The molecule has 0 bridgehead atoms. The summed E-state index contributed by atoms with van der Waals surface area (Å²) >= 11 is 0. The molecule has 6 nitrogen and oxygen atoms in total. The van der Waals surface area contributed by atoms with E-state index in [0.717, 1.165) is 11.3 Å². The molecular weight excluding hydrogens is 320 g/mol. The van der Waals surface area contributed by atoms with Gasteiger partial charge < -0.3 is 19.6 Å². The quantitative estimate of drug-likeness (QED) is 0.816. The van der Waals surface area contributed by atoms with E-state index in [-0.39, 0.29) is 23.8 Å². The molecule has 0 saturated carbocycles. The highest BCUT2D eigenvalue weighted by molar-refractivity contribution is 5.91. The second-order valence-corrected chi connectivity index (χ2v) is 5.94. The molecule has 1 amide bonds. The van der Waals surface area contributed by atoms with E-state index in [9.17, 15) is 14.7 Å². The summed E-state index contributed by atoms with van der Waals surface area (Å²) in [5.41, 5.74) is 2.27. The van der Waals surface area contributed by atoms with Crippen LogP contribution in [0.5, 0.6) is 5.75 Å². The van der Waals surface area contributed by atoms with Gasteiger partial charge in [0.15, 0.2) is 6.61 Å². The zero-order chi connectivity index (χ0) is 18.4. The van der Waals surface area contributed by atoms with Crippen molar-refractivity contribution in [2.24, 2.45) is 0 Å². The molecule has 2 aromatic rings. The Kier molecular flexibility index (Phi) is 6.00. The van der Waals surface area contributed by atoms with Crippen LogP contribution in [0.25, 0.3) is 0 Å². The highest BCUT2D eigenvalue weighted by atomic mass is 16.5. The van der Waals surface area contributed by atoms with Crippen molar-refractivity contribution in [3.05, 3.63) is 59.7 Å². The molecule has 0 spiro atoms. The number of ether oxygens (including phenoxy) is 1. The Bertz CT molecular complexity index is 741. The summed E-state index contributed by atoms with van der Waals surface area (Å²) in [4.78, 5) is 27.5. The van der Waals surface area contributed by atoms with Crippen LogP contribution in [-0.2, 0) is 16.1 Å². The molecule has 132 valence electrons. The number of amides is 1. The molecule has 0 unspecified atom stereocenters. The van der Waals surface area contributed by atoms with Crippen molar-refractivity contribution >= 4 is 17.6 Å². The molecule has 0 aliphatic rings. The highest BCUT2D eigenvalue weighted by Crippen LogP contribution is 2.14. The molecule has 0 atom stereocenters. The van der Waals surface area contributed by atoms with Crippen LogP contribution >= 0.6 is 0 Å². The van der Waals surface area contributed by atoms with E-state index in [1.165, 1.54) is 29.2 Å². The van der Waals surface area contributed by atoms with Gasteiger partial charge in [-0.25, -0.2) is 4.79 Å². The van der Waals surface area contributed by atoms with Crippen LogP contribution < -0.4 is 4.90 Å². The van der Waals surface area contributed by atoms with Crippen LogP contribution in [0.15, 0.2) is 48.5 Å². The van der Waals surface area contributed by atoms with E-state index in [1.807, 2.05) is 43.3 Å². The number of carbonyl (C=O) groups is 2. The topological polar surface area (TPSA) is 70.1 Å². The molecule has 0 fully saturated rings. The molecule has 2 aromatic carbocycles. The van der Waals surface area contributed by atoms with Crippen molar-refractivity contribution in [3.8, 4) is 5.75 Å². The molecule has 0 radical (unpaired) electrons. The van der Waals surface area contributed by atoms with Crippen molar-refractivity contribution in [2.45, 2.75) is 6.54 Å². The number of anilines is 1. The predicted octanol–water partition coefficient (Wildman–Crippen LogP) is 2.27. The van der Waals surface area contributed by atoms with Crippen molar-refractivity contribution < 1.29 is 19.4 Å². The normalized spacial score (nSPS) is 10.2. The standard InChI is InChI=1S/C19H22N2O4/c1-20(2)16-9-7-14(8-10-16)12-21(3)18(23)13-25-19(24)15-5-4-6-17(22)11-15/h4-11,22H,12-13H2,1-3H3. The predicted molar refractivity (Wildman–Crippen MR) is 95.6 cm³/mol. The Morgan fingerprint density at radius 2 is 1.72 bits per heavy atom. The van der Waals surface area contributed by atoms with Crippen LogP contribution in [0.4, 0.5) is 5.69 Å². The third kappa shape index (κ3) is 5.24. The van der Waals surface area contributed by atoms with Gasteiger partial charge in [-0.3, -0.25) is 4.79 Å². The van der Waals surface area contributed by atoms with Gasteiger partial charge in [-0.1, -0.05) is 18.2 Å². The lowest BCUT2D eigenvalue weighted by atomic mass is 10.2. The van der Waals surface area contributed by atoms with Crippen LogP contribution in [0.2, 0.25) is 0 Å². The third-order valence-corrected chi connectivity index (χ3v) is 3.71. The number of aromatic hydroxyl groups is 1. The number of hydrogen-bond acceptors (Lipinski definition) is 5. The van der Waals surface area contributed by atoms with E-state index >= 15 is 0 Å². The van der Waals surface area contributed by atoms with Crippen LogP contribution in [-0.4, -0.2) is 49.6 Å². The number of nitrogens with zero attached hydrogens (tertiary/aromatic N) is 2. The Labute approximate surface area is 147 Å². The monoisotopic (exact) mass is 342 g/mol. The second-order valence-electron chi connectivity index (χ2n) is 5.94. The van der Waals surface area contributed by atoms with Crippen molar-refractivity contribution in [1.29, 1.82) is 0 Å². The lowest BCUT2D eigenvalue weighted by Gasteiger charge is -2.18. The minimum absolute atomic E-state index is 0.0286. The Hall–Kier alpha value is -3.02. The summed E-state index contributed by atoms with van der Waals surface area (Å²) in [6.07, 6.45) is 0.